The van der Waals surface area contributed by atoms with Crippen molar-refractivity contribution in [1.29, 1.82) is 0 Å². The van der Waals surface area contributed by atoms with Crippen molar-refractivity contribution < 1.29 is 4.79 Å². The van der Waals surface area contributed by atoms with Crippen LogP contribution in [0.5, 0.6) is 0 Å². The zero-order valence-corrected chi connectivity index (χ0v) is 14.4. The second-order valence-electron chi connectivity index (χ2n) is 6.73. The van der Waals surface area contributed by atoms with E-state index < -0.39 is 0 Å². The number of benzene rings is 1. The molecule has 0 spiro atoms. The van der Waals surface area contributed by atoms with Gasteiger partial charge in [0.2, 0.25) is 0 Å². The van der Waals surface area contributed by atoms with Gasteiger partial charge in [-0.05, 0) is 19.9 Å². The Morgan fingerprint density at radius 3 is 2.60 bits per heavy atom. The van der Waals surface area contributed by atoms with Crippen LogP contribution in [0.25, 0.3) is 22.4 Å². The number of rotatable bonds is 2. The van der Waals surface area contributed by atoms with Crippen LogP contribution >= 0.6 is 0 Å². The van der Waals surface area contributed by atoms with Gasteiger partial charge in [0.15, 0.2) is 5.82 Å². The van der Waals surface area contributed by atoms with E-state index in [2.05, 4.69) is 34.1 Å². The monoisotopic (exact) mass is 335 g/mol. The minimum Gasteiger partial charge on any atom is -0.335 e. The number of nitrogens with zero attached hydrogens (tertiary/aromatic N) is 3. The highest BCUT2D eigenvalue weighted by molar-refractivity contribution is 5.97. The average Bonchev–Trinajstić information content (AvgIpc) is 3.04. The van der Waals surface area contributed by atoms with Crippen LogP contribution in [0, 0.1) is 0 Å². The zero-order valence-electron chi connectivity index (χ0n) is 14.4. The normalized spacial score (nSPS) is 20.8. The Bertz CT molecular complexity index is 895. The molecule has 0 aliphatic carbocycles. The summed E-state index contributed by atoms with van der Waals surface area (Å²) in [7, 11) is 0. The molecule has 1 amide bonds. The number of nitrogens with one attached hydrogen (secondary N) is 2. The van der Waals surface area contributed by atoms with Crippen LogP contribution in [0.4, 0.5) is 0 Å². The number of aromatic nitrogens is 3. The molecule has 1 aliphatic heterocycles. The summed E-state index contributed by atoms with van der Waals surface area (Å²) >= 11 is 0. The number of hydrogen-bond donors (Lipinski definition) is 2. The molecule has 128 valence electrons. The zero-order chi connectivity index (χ0) is 17.4. The first-order chi connectivity index (χ1) is 12.1. The van der Waals surface area contributed by atoms with Gasteiger partial charge in [-0.3, -0.25) is 4.79 Å². The second kappa shape index (κ2) is 6.29. The first kappa shape index (κ1) is 15.8. The molecule has 0 bridgehead atoms. The van der Waals surface area contributed by atoms with Gasteiger partial charge in [0.25, 0.3) is 5.91 Å². The van der Waals surface area contributed by atoms with E-state index in [0.29, 0.717) is 42.3 Å². The molecule has 1 aliphatic rings. The summed E-state index contributed by atoms with van der Waals surface area (Å²) in [4.78, 5) is 26.9. The fraction of sp³-hybridized carbons (Fsp3) is 0.316. The van der Waals surface area contributed by atoms with Gasteiger partial charge in [-0.25, -0.2) is 9.97 Å². The number of amides is 1. The van der Waals surface area contributed by atoms with E-state index in [9.17, 15) is 4.79 Å². The molecule has 1 fully saturated rings. The molecule has 2 atom stereocenters. The second-order valence-corrected chi connectivity index (χ2v) is 6.73. The summed E-state index contributed by atoms with van der Waals surface area (Å²) in [6.45, 7) is 5.61. The molecule has 3 heterocycles. The summed E-state index contributed by atoms with van der Waals surface area (Å²) in [5, 5.41) is 4.29. The Kier molecular flexibility index (Phi) is 3.97. The number of piperazine rings is 1. The molecule has 0 radical (unpaired) electrons. The first-order valence-corrected chi connectivity index (χ1v) is 8.56. The van der Waals surface area contributed by atoms with Crippen LogP contribution in [0.3, 0.4) is 0 Å². The van der Waals surface area contributed by atoms with Crippen molar-refractivity contribution >= 4 is 16.9 Å². The summed E-state index contributed by atoms with van der Waals surface area (Å²) in [5.74, 6) is 0.665. The van der Waals surface area contributed by atoms with Gasteiger partial charge >= 0.3 is 0 Å². The standard InChI is InChI=1S/C19H21N5O/c1-12-10-24(11-13(2)21-12)19(25)16-8-15-9-20-17(23-18(15)22-16)14-6-4-3-5-7-14/h3-9,12-13,21H,10-11H2,1-2H3,(H,20,22,23)/t12-,13+. The molecule has 0 saturated carbocycles. The van der Waals surface area contributed by atoms with Crippen LogP contribution in [-0.4, -0.2) is 50.9 Å². The van der Waals surface area contributed by atoms with E-state index in [4.69, 9.17) is 0 Å². The minimum atomic E-state index is 0.0134. The number of carbonyl (C=O) groups is 1. The quantitative estimate of drug-likeness (QED) is 0.754. The molecule has 2 N–H and O–H groups in total. The number of carbonyl (C=O) groups excluding carboxylic acids is 1. The summed E-state index contributed by atoms with van der Waals surface area (Å²) in [6.07, 6.45) is 1.76. The number of hydrogen-bond acceptors (Lipinski definition) is 4. The number of fused-ring (bicyclic) bond motifs is 1. The molecular formula is C19H21N5O. The summed E-state index contributed by atoms with van der Waals surface area (Å²) in [6, 6.07) is 12.2. The molecule has 4 rings (SSSR count). The lowest BCUT2D eigenvalue weighted by Gasteiger charge is -2.35. The van der Waals surface area contributed by atoms with Gasteiger partial charge in [-0.2, -0.15) is 0 Å². The predicted molar refractivity (Wildman–Crippen MR) is 97.3 cm³/mol. The van der Waals surface area contributed by atoms with E-state index >= 15 is 0 Å². The molecule has 25 heavy (non-hydrogen) atoms. The maximum Gasteiger partial charge on any atom is 0.270 e. The molecule has 1 aromatic carbocycles. The summed E-state index contributed by atoms with van der Waals surface area (Å²) < 4.78 is 0. The van der Waals surface area contributed by atoms with Crippen molar-refractivity contribution in [1.82, 2.24) is 25.2 Å². The minimum absolute atomic E-state index is 0.0134. The largest absolute Gasteiger partial charge is 0.335 e. The lowest BCUT2D eigenvalue weighted by Crippen LogP contribution is -2.55. The van der Waals surface area contributed by atoms with Crippen LogP contribution in [0.1, 0.15) is 24.3 Å². The Hall–Kier alpha value is -2.73. The molecule has 1 saturated heterocycles. The van der Waals surface area contributed by atoms with Crippen molar-refractivity contribution in [2.45, 2.75) is 25.9 Å². The van der Waals surface area contributed by atoms with Gasteiger partial charge in [0, 0.05) is 42.3 Å². The van der Waals surface area contributed by atoms with E-state index in [-0.39, 0.29) is 5.91 Å². The van der Waals surface area contributed by atoms with E-state index in [1.165, 1.54) is 0 Å². The highest BCUT2D eigenvalue weighted by Gasteiger charge is 2.26. The fourth-order valence-corrected chi connectivity index (χ4v) is 3.42. The average molecular weight is 335 g/mol. The molecule has 3 aromatic rings. The van der Waals surface area contributed by atoms with Crippen molar-refractivity contribution in [2.24, 2.45) is 0 Å². The Morgan fingerprint density at radius 1 is 1.16 bits per heavy atom. The summed E-state index contributed by atoms with van der Waals surface area (Å²) in [5.41, 5.74) is 2.21. The topological polar surface area (TPSA) is 73.9 Å². The van der Waals surface area contributed by atoms with Crippen molar-refractivity contribution in [3.05, 3.63) is 48.3 Å². The molecule has 2 aromatic heterocycles. The SMILES string of the molecule is C[C@@H]1CN(C(=O)c2cc3cnc(-c4ccccc4)nc3[nH]2)C[C@H](C)N1. The van der Waals surface area contributed by atoms with Crippen molar-refractivity contribution in [2.75, 3.05) is 13.1 Å². The van der Waals surface area contributed by atoms with Crippen LogP contribution < -0.4 is 5.32 Å². The van der Waals surface area contributed by atoms with E-state index in [1.54, 1.807) is 6.20 Å². The van der Waals surface area contributed by atoms with Crippen LogP contribution in [-0.2, 0) is 0 Å². The van der Waals surface area contributed by atoms with E-state index in [1.807, 2.05) is 41.3 Å². The van der Waals surface area contributed by atoms with Crippen LogP contribution in [0.2, 0.25) is 0 Å². The lowest BCUT2D eigenvalue weighted by atomic mass is 10.1. The van der Waals surface area contributed by atoms with Gasteiger partial charge in [0.1, 0.15) is 11.3 Å². The van der Waals surface area contributed by atoms with Crippen molar-refractivity contribution in [3.8, 4) is 11.4 Å². The van der Waals surface area contributed by atoms with Gasteiger partial charge < -0.3 is 15.2 Å². The molecule has 6 nitrogen and oxygen atoms in total. The Balaban J connectivity index is 1.64. The van der Waals surface area contributed by atoms with Gasteiger partial charge in [0.05, 0.1) is 0 Å². The third-order valence-electron chi connectivity index (χ3n) is 4.48. The van der Waals surface area contributed by atoms with Gasteiger partial charge in [-0.1, -0.05) is 30.3 Å². The Morgan fingerprint density at radius 2 is 1.88 bits per heavy atom. The molecule has 0 unspecified atom stereocenters. The predicted octanol–water partition coefficient (Wildman–Crippen LogP) is 2.45. The third-order valence-corrected chi connectivity index (χ3v) is 4.48. The highest BCUT2D eigenvalue weighted by Crippen LogP contribution is 2.20. The lowest BCUT2D eigenvalue weighted by molar-refractivity contribution is 0.0669. The maximum absolute atomic E-state index is 12.8. The number of aromatic amines is 1. The number of H-pyrrole nitrogens is 1. The highest BCUT2D eigenvalue weighted by atomic mass is 16.2. The molecular weight excluding hydrogens is 314 g/mol. The Labute approximate surface area is 146 Å². The van der Waals surface area contributed by atoms with Gasteiger partial charge in [-0.15, -0.1) is 0 Å². The maximum atomic E-state index is 12.8. The van der Waals surface area contributed by atoms with E-state index in [0.717, 1.165) is 10.9 Å². The molecule has 6 heteroatoms. The smallest absolute Gasteiger partial charge is 0.270 e. The van der Waals surface area contributed by atoms with Crippen LogP contribution in [0.15, 0.2) is 42.6 Å². The fourth-order valence-electron chi connectivity index (χ4n) is 3.42. The van der Waals surface area contributed by atoms with Crippen molar-refractivity contribution in [3.63, 3.8) is 0 Å². The first-order valence-electron chi connectivity index (χ1n) is 8.56. The third kappa shape index (κ3) is 3.13.